The minimum Gasteiger partial charge on any atom is -0.481 e. The third kappa shape index (κ3) is 8.94. The Morgan fingerprint density at radius 3 is 2.22 bits per heavy atom. The molecule has 27 heavy (non-hydrogen) atoms. The van der Waals surface area contributed by atoms with Gasteiger partial charge >= 0.3 is 22.3 Å². The van der Waals surface area contributed by atoms with E-state index in [0.29, 0.717) is 0 Å². The van der Waals surface area contributed by atoms with Crippen molar-refractivity contribution in [2.45, 2.75) is 13.3 Å². The number of aromatic nitrogens is 2. The van der Waals surface area contributed by atoms with Crippen molar-refractivity contribution < 1.29 is 36.6 Å². The highest BCUT2D eigenvalue weighted by Gasteiger charge is 2.34. The van der Waals surface area contributed by atoms with Crippen molar-refractivity contribution >= 4 is 28.4 Å². The molecule has 1 aromatic rings. The minimum atomic E-state index is -3.66. The Hall–Kier alpha value is -2.76. The van der Waals surface area contributed by atoms with Gasteiger partial charge in [0.1, 0.15) is 5.82 Å². The van der Waals surface area contributed by atoms with Crippen LogP contribution >= 0.6 is 0 Å². The monoisotopic (exact) mass is 402 g/mol. The average Bonchev–Trinajstić information content (AvgIpc) is 3.16. The molecule has 0 radical (unpaired) electrons. The number of hydrogen-bond donors (Lipinski definition) is 3. The first kappa shape index (κ1) is 24.2. The second kappa shape index (κ2) is 11.1. The number of nitrogens with zero attached hydrogens (tertiary/aromatic N) is 1. The quantitative estimate of drug-likeness (QED) is 0.666. The molecule has 3 N–H and O–H groups in total. The topological polar surface area (TPSA) is 156 Å². The first-order valence-corrected chi connectivity index (χ1v) is 8.67. The molecule has 1 unspecified atom stereocenters. The molecule has 0 saturated carbocycles. The first-order valence-electron chi connectivity index (χ1n) is 7.34. The van der Waals surface area contributed by atoms with Gasteiger partial charge in [-0.05, 0) is 19.4 Å². The van der Waals surface area contributed by atoms with E-state index in [1.165, 1.54) is 25.2 Å². The molecular weight excluding hydrogens is 380 g/mol. The van der Waals surface area contributed by atoms with E-state index in [1.54, 1.807) is 18.5 Å². The zero-order valence-electron chi connectivity index (χ0n) is 15.1. The number of H-pyrrole nitrogens is 1. The van der Waals surface area contributed by atoms with Crippen LogP contribution in [0.3, 0.4) is 0 Å². The van der Waals surface area contributed by atoms with Crippen LogP contribution in [0.1, 0.15) is 19.2 Å². The van der Waals surface area contributed by atoms with Gasteiger partial charge in [0.15, 0.2) is 0 Å². The molecule has 0 saturated heterocycles. The zero-order chi connectivity index (χ0) is 21.1. The summed E-state index contributed by atoms with van der Waals surface area (Å²) in [5.74, 6) is -1.24. The molecular formula is C16H22N2O8S. The fourth-order valence-corrected chi connectivity index (χ4v) is 1.78. The molecule has 0 amide bonds. The van der Waals surface area contributed by atoms with Crippen molar-refractivity contribution in [3.05, 3.63) is 48.6 Å². The summed E-state index contributed by atoms with van der Waals surface area (Å²) in [4.78, 5) is 28.1. The highest BCUT2D eigenvalue weighted by Crippen LogP contribution is 2.31. The standard InChI is InChI=1S/C9H10O4.C5H6N2.C2H6O4S/c1-9(8(12)13)4-2-3-6(5-9)7(10)11;1-2-5-6-3-4-7-5;1-5-7(3,4)6-2/h2-4H,5H2,1H3,(H,10,11)(H,12,13);2-4H,1H2,(H,6,7);1-2H3. The van der Waals surface area contributed by atoms with Gasteiger partial charge in [0.05, 0.1) is 19.6 Å². The van der Waals surface area contributed by atoms with E-state index in [9.17, 15) is 18.0 Å². The number of carboxylic acid groups (broad SMARTS) is 2. The molecule has 0 aliphatic heterocycles. The van der Waals surface area contributed by atoms with Gasteiger partial charge in [-0.25, -0.2) is 9.78 Å². The summed E-state index contributed by atoms with van der Waals surface area (Å²) in [6.07, 6.45) is 9.55. The Morgan fingerprint density at radius 2 is 1.93 bits per heavy atom. The molecule has 1 atom stereocenters. The molecule has 1 aliphatic rings. The van der Waals surface area contributed by atoms with Crippen LogP contribution in [0.2, 0.25) is 0 Å². The van der Waals surface area contributed by atoms with E-state index in [-0.39, 0.29) is 12.0 Å². The number of aliphatic carboxylic acids is 2. The van der Waals surface area contributed by atoms with E-state index >= 15 is 0 Å². The number of nitrogens with one attached hydrogen (secondary N) is 1. The van der Waals surface area contributed by atoms with Crippen LogP contribution in [0.4, 0.5) is 0 Å². The van der Waals surface area contributed by atoms with Gasteiger partial charge in [-0.1, -0.05) is 24.8 Å². The lowest BCUT2D eigenvalue weighted by Crippen LogP contribution is -2.28. The zero-order valence-corrected chi connectivity index (χ0v) is 15.9. The number of hydrogen-bond acceptors (Lipinski definition) is 7. The Morgan fingerprint density at radius 1 is 1.33 bits per heavy atom. The summed E-state index contributed by atoms with van der Waals surface area (Å²) in [7, 11) is -1.60. The van der Waals surface area contributed by atoms with E-state index in [1.807, 2.05) is 0 Å². The van der Waals surface area contributed by atoms with Crippen molar-refractivity contribution in [2.75, 3.05) is 14.2 Å². The van der Waals surface area contributed by atoms with Crippen LogP contribution in [0.5, 0.6) is 0 Å². The lowest BCUT2D eigenvalue weighted by Gasteiger charge is -2.23. The lowest BCUT2D eigenvalue weighted by molar-refractivity contribution is -0.145. The van der Waals surface area contributed by atoms with Crippen molar-refractivity contribution in [1.29, 1.82) is 0 Å². The number of carbonyl (C=O) groups is 2. The Kier molecular flexibility index (Phi) is 9.93. The molecule has 0 fully saturated rings. The molecule has 0 spiro atoms. The fourth-order valence-electron chi connectivity index (χ4n) is 1.64. The van der Waals surface area contributed by atoms with Crippen LogP contribution in [0, 0.1) is 5.41 Å². The maximum Gasteiger partial charge on any atom is 0.399 e. The van der Waals surface area contributed by atoms with Gasteiger partial charge in [0.2, 0.25) is 0 Å². The number of aromatic amines is 1. The molecule has 0 bridgehead atoms. The van der Waals surface area contributed by atoms with Crippen LogP contribution < -0.4 is 0 Å². The second-order valence-corrected chi connectivity index (χ2v) is 6.66. The highest BCUT2D eigenvalue weighted by atomic mass is 32.3. The summed E-state index contributed by atoms with van der Waals surface area (Å²) in [6, 6.07) is 0. The van der Waals surface area contributed by atoms with Gasteiger partial charge in [-0.15, -0.1) is 0 Å². The van der Waals surface area contributed by atoms with Crippen molar-refractivity contribution in [3.63, 3.8) is 0 Å². The fraction of sp³-hybridized carbons (Fsp3) is 0.312. The van der Waals surface area contributed by atoms with Gasteiger partial charge in [-0.3, -0.25) is 13.2 Å². The van der Waals surface area contributed by atoms with Crippen LogP contribution in [0.15, 0.2) is 42.8 Å². The lowest BCUT2D eigenvalue weighted by atomic mass is 9.80. The molecule has 150 valence electrons. The minimum absolute atomic E-state index is 0.0359. The second-order valence-electron chi connectivity index (χ2n) is 5.18. The predicted octanol–water partition coefficient (Wildman–Crippen LogP) is 1.62. The third-order valence-electron chi connectivity index (χ3n) is 3.20. The van der Waals surface area contributed by atoms with Gasteiger partial charge in [-0.2, -0.15) is 8.42 Å². The van der Waals surface area contributed by atoms with Crippen LogP contribution in [-0.4, -0.2) is 54.8 Å². The summed E-state index contributed by atoms with van der Waals surface area (Å²) in [5, 5.41) is 17.5. The summed E-state index contributed by atoms with van der Waals surface area (Å²) >= 11 is 0. The van der Waals surface area contributed by atoms with E-state index < -0.39 is 27.8 Å². The van der Waals surface area contributed by atoms with Crippen molar-refractivity contribution in [3.8, 4) is 0 Å². The maximum atomic E-state index is 10.8. The van der Waals surface area contributed by atoms with Gasteiger partial charge < -0.3 is 15.2 Å². The Bertz CT molecular complexity index is 786. The summed E-state index contributed by atoms with van der Waals surface area (Å²) in [6.45, 7) is 5.01. The number of allylic oxidation sites excluding steroid dienone is 2. The third-order valence-corrected chi connectivity index (χ3v) is 4.02. The molecule has 0 aromatic carbocycles. The van der Waals surface area contributed by atoms with Crippen LogP contribution in [-0.2, 0) is 28.4 Å². The number of imidazole rings is 1. The van der Waals surface area contributed by atoms with Gasteiger partial charge in [0.25, 0.3) is 0 Å². The number of rotatable bonds is 5. The summed E-state index contributed by atoms with van der Waals surface area (Å²) in [5.41, 5.74) is -0.949. The van der Waals surface area contributed by atoms with Crippen molar-refractivity contribution in [1.82, 2.24) is 9.97 Å². The molecule has 2 rings (SSSR count). The van der Waals surface area contributed by atoms with Crippen LogP contribution in [0.25, 0.3) is 6.08 Å². The van der Waals surface area contributed by atoms with Gasteiger partial charge in [0, 0.05) is 18.0 Å². The predicted molar refractivity (Wildman–Crippen MR) is 96.8 cm³/mol. The average molecular weight is 402 g/mol. The molecule has 1 aliphatic carbocycles. The first-order chi connectivity index (χ1) is 12.5. The smallest absolute Gasteiger partial charge is 0.399 e. The van der Waals surface area contributed by atoms with E-state index in [4.69, 9.17) is 10.2 Å². The Labute approximate surface area is 157 Å². The normalized spacial score (nSPS) is 18.1. The molecule has 11 heteroatoms. The molecule has 10 nitrogen and oxygen atoms in total. The Balaban J connectivity index is 0.000000410. The maximum absolute atomic E-state index is 10.8. The van der Waals surface area contributed by atoms with E-state index in [2.05, 4.69) is 24.9 Å². The summed E-state index contributed by atoms with van der Waals surface area (Å²) < 4.78 is 27.5. The largest absolute Gasteiger partial charge is 0.481 e. The SMILES string of the molecule is C=Cc1ncc[nH]1.CC1(C(=O)O)C=CC=C(C(=O)O)C1.COS(=O)(=O)OC. The highest BCUT2D eigenvalue weighted by molar-refractivity contribution is 7.81. The molecule has 1 heterocycles. The van der Waals surface area contributed by atoms with E-state index in [0.717, 1.165) is 20.0 Å². The van der Waals surface area contributed by atoms with Crippen molar-refractivity contribution in [2.24, 2.45) is 5.41 Å². The molecule has 1 aromatic heterocycles. The number of carboxylic acids is 2.